The van der Waals surface area contributed by atoms with Gasteiger partial charge in [0.25, 0.3) is 0 Å². The molecule has 132 valence electrons. The molecule has 1 aliphatic carbocycles. The molecule has 0 aromatic heterocycles. The Morgan fingerprint density at radius 2 is 2.16 bits per heavy atom. The fourth-order valence-corrected chi connectivity index (χ4v) is 4.26. The van der Waals surface area contributed by atoms with Gasteiger partial charge in [-0.2, -0.15) is 0 Å². The second kappa shape index (κ2) is 5.95. The normalized spacial score (nSPS) is 33.6. The smallest absolute Gasteiger partial charge is 0.229 e. The van der Waals surface area contributed by atoms with Crippen molar-refractivity contribution in [2.24, 2.45) is 23.2 Å². The van der Waals surface area contributed by atoms with E-state index in [9.17, 15) is 14.4 Å². The predicted molar refractivity (Wildman–Crippen MR) is 91.0 cm³/mol. The van der Waals surface area contributed by atoms with Gasteiger partial charge >= 0.3 is 0 Å². The maximum absolute atomic E-state index is 13.0. The third-order valence-corrected chi connectivity index (χ3v) is 5.82. The number of fused-ring (bicyclic) bond motifs is 2. The highest BCUT2D eigenvalue weighted by molar-refractivity contribution is 6.19. The van der Waals surface area contributed by atoms with Crippen LogP contribution < -0.4 is 10.6 Å². The van der Waals surface area contributed by atoms with Crippen LogP contribution in [0.5, 0.6) is 0 Å². The van der Waals surface area contributed by atoms with Gasteiger partial charge in [-0.3, -0.25) is 14.4 Å². The Labute approximate surface area is 146 Å². The Morgan fingerprint density at radius 3 is 2.92 bits per heavy atom. The van der Waals surface area contributed by atoms with Crippen LogP contribution in [0.3, 0.4) is 0 Å². The van der Waals surface area contributed by atoms with Gasteiger partial charge in [0, 0.05) is 18.7 Å². The monoisotopic (exact) mass is 342 g/mol. The lowest BCUT2D eigenvalue weighted by atomic mass is 9.92. The standard InChI is InChI=1S/C19H22N2O4/c1-19-14(17(23)20-9-11-5-4-8-25-10-11)15(19)18(24)21-13-7-3-2-6-12(13)16(19)22/h2-3,6-7,11,14-15H,4-5,8-10H2,1H3,(H,20,23)(H,21,24)/t11-,14+,15-,19-/m1/s1. The summed E-state index contributed by atoms with van der Waals surface area (Å²) in [6, 6.07) is 6.98. The van der Waals surface area contributed by atoms with E-state index in [2.05, 4.69) is 10.6 Å². The van der Waals surface area contributed by atoms with Crippen molar-refractivity contribution >= 4 is 23.3 Å². The summed E-state index contributed by atoms with van der Waals surface area (Å²) in [7, 11) is 0. The molecule has 4 atom stereocenters. The first kappa shape index (κ1) is 16.3. The number of ketones is 1. The molecule has 6 nitrogen and oxygen atoms in total. The van der Waals surface area contributed by atoms with Crippen LogP contribution in [-0.2, 0) is 14.3 Å². The molecule has 2 aliphatic heterocycles. The zero-order chi connectivity index (χ0) is 17.6. The van der Waals surface area contributed by atoms with Crippen molar-refractivity contribution < 1.29 is 19.1 Å². The number of amides is 2. The Bertz CT molecular complexity index is 741. The zero-order valence-electron chi connectivity index (χ0n) is 14.2. The molecule has 0 bridgehead atoms. The molecule has 6 heteroatoms. The highest BCUT2D eigenvalue weighted by atomic mass is 16.5. The van der Waals surface area contributed by atoms with E-state index in [0.29, 0.717) is 30.3 Å². The number of benzene rings is 1. The summed E-state index contributed by atoms with van der Waals surface area (Å²) in [5, 5.41) is 5.73. The van der Waals surface area contributed by atoms with Gasteiger partial charge < -0.3 is 15.4 Å². The Morgan fingerprint density at radius 1 is 1.36 bits per heavy atom. The molecule has 0 radical (unpaired) electrons. The van der Waals surface area contributed by atoms with Crippen molar-refractivity contribution in [3.05, 3.63) is 29.8 Å². The molecule has 2 heterocycles. The molecule has 2 fully saturated rings. The van der Waals surface area contributed by atoms with Crippen LogP contribution >= 0.6 is 0 Å². The molecule has 4 rings (SSSR count). The lowest BCUT2D eigenvalue weighted by Gasteiger charge is -2.22. The van der Waals surface area contributed by atoms with E-state index in [4.69, 9.17) is 4.74 Å². The summed E-state index contributed by atoms with van der Waals surface area (Å²) >= 11 is 0. The van der Waals surface area contributed by atoms with Gasteiger partial charge in [0.2, 0.25) is 11.8 Å². The maximum atomic E-state index is 13.0. The summed E-state index contributed by atoms with van der Waals surface area (Å²) < 4.78 is 5.43. The average molecular weight is 342 g/mol. The van der Waals surface area contributed by atoms with Crippen LogP contribution in [-0.4, -0.2) is 37.4 Å². The number of anilines is 1. The minimum Gasteiger partial charge on any atom is -0.381 e. The number of ether oxygens (including phenoxy) is 1. The molecule has 2 amide bonds. The van der Waals surface area contributed by atoms with Crippen LogP contribution in [0, 0.1) is 23.2 Å². The molecular formula is C19H22N2O4. The van der Waals surface area contributed by atoms with Crippen molar-refractivity contribution in [2.45, 2.75) is 19.8 Å². The van der Waals surface area contributed by atoms with Gasteiger partial charge in [0.1, 0.15) is 0 Å². The van der Waals surface area contributed by atoms with Gasteiger partial charge in [-0.25, -0.2) is 0 Å². The van der Waals surface area contributed by atoms with E-state index in [-0.39, 0.29) is 17.6 Å². The van der Waals surface area contributed by atoms with E-state index in [1.165, 1.54) is 0 Å². The van der Waals surface area contributed by atoms with Crippen LogP contribution in [0.25, 0.3) is 0 Å². The van der Waals surface area contributed by atoms with Crippen LogP contribution in [0.4, 0.5) is 5.69 Å². The number of carbonyl (C=O) groups is 3. The molecule has 1 aromatic rings. The van der Waals surface area contributed by atoms with E-state index in [1.807, 2.05) is 0 Å². The van der Waals surface area contributed by atoms with Gasteiger partial charge in [0.15, 0.2) is 5.78 Å². The van der Waals surface area contributed by atoms with Crippen molar-refractivity contribution in [2.75, 3.05) is 25.1 Å². The van der Waals surface area contributed by atoms with Crippen molar-refractivity contribution in [3.8, 4) is 0 Å². The van der Waals surface area contributed by atoms with E-state index >= 15 is 0 Å². The van der Waals surface area contributed by atoms with Gasteiger partial charge in [0.05, 0.1) is 29.5 Å². The number of hydrogen-bond acceptors (Lipinski definition) is 4. The lowest BCUT2D eigenvalue weighted by Crippen LogP contribution is -2.36. The maximum Gasteiger partial charge on any atom is 0.229 e. The molecule has 2 N–H and O–H groups in total. The van der Waals surface area contributed by atoms with Gasteiger partial charge in [-0.15, -0.1) is 0 Å². The number of para-hydroxylation sites is 1. The van der Waals surface area contributed by atoms with E-state index in [1.54, 1.807) is 31.2 Å². The Kier molecular flexibility index (Phi) is 3.87. The second-order valence-corrected chi connectivity index (χ2v) is 7.43. The number of hydrogen-bond donors (Lipinski definition) is 2. The Balaban J connectivity index is 1.50. The fraction of sp³-hybridized carbons (Fsp3) is 0.526. The number of rotatable bonds is 3. The average Bonchev–Trinajstić information content (AvgIpc) is 3.28. The quantitative estimate of drug-likeness (QED) is 0.874. The summed E-state index contributed by atoms with van der Waals surface area (Å²) in [5.74, 6) is -1.48. The highest BCUT2D eigenvalue weighted by Crippen LogP contribution is 2.62. The molecular weight excluding hydrogens is 320 g/mol. The summed E-state index contributed by atoms with van der Waals surface area (Å²) in [4.78, 5) is 38.2. The van der Waals surface area contributed by atoms with Crippen LogP contribution in [0.2, 0.25) is 0 Å². The molecule has 0 spiro atoms. The van der Waals surface area contributed by atoms with Gasteiger partial charge in [-0.05, 0) is 30.9 Å². The van der Waals surface area contributed by atoms with Crippen molar-refractivity contribution in [3.63, 3.8) is 0 Å². The first-order valence-corrected chi connectivity index (χ1v) is 8.83. The summed E-state index contributed by atoms with van der Waals surface area (Å²) in [6.07, 6.45) is 2.03. The number of nitrogens with one attached hydrogen (secondary N) is 2. The summed E-state index contributed by atoms with van der Waals surface area (Å²) in [5.41, 5.74) is 0.0605. The minimum atomic E-state index is -0.955. The van der Waals surface area contributed by atoms with Crippen molar-refractivity contribution in [1.82, 2.24) is 5.32 Å². The molecule has 25 heavy (non-hydrogen) atoms. The highest BCUT2D eigenvalue weighted by Gasteiger charge is 2.73. The first-order valence-electron chi connectivity index (χ1n) is 8.83. The zero-order valence-corrected chi connectivity index (χ0v) is 14.2. The van der Waals surface area contributed by atoms with E-state index in [0.717, 1.165) is 19.4 Å². The third-order valence-electron chi connectivity index (χ3n) is 5.82. The van der Waals surface area contributed by atoms with Crippen LogP contribution in [0.15, 0.2) is 24.3 Å². The van der Waals surface area contributed by atoms with Gasteiger partial charge in [-0.1, -0.05) is 19.1 Å². The molecule has 0 unspecified atom stereocenters. The first-order chi connectivity index (χ1) is 12.0. The minimum absolute atomic E-state index is 0.132. The molecule has 1 aromatic carbocycles. The number of Topliss-reactive ketones (excluding diaryl/α,β-unsaturated/α-hetero) is 1. The Hall–Kier alpha value is -2.21. The predicted octanol–water partition coefficient (Wildman–Crippen LogP) is 1.62. The number of carbonyl (C=O) groups excluding carboxylic acids is 3. The van der Waals surface area contributed by atoms with Crippen molar-refractivity contribution in [1.29, 1.82) is 0 Å². The molecule has 1 saturated heterocycles. The van der Waals surface area contributed by atoms with Crippen LogP contribution in [0.1, 0.15) is 30.1 Å². The fourth-order valence-electron chi connectivity index (χ4n) is 4.26. The third kappa shape index (κ3) is 2.56. The molecule has 1 saturated carbocycles. The lowest BCUT2D eigenvalue weighted by molar-refractivity contribution is -0.125. The second-order valence-electron chi connectivity index (χ2n) is 7.43. The summed E-state index contributed by atoms with van der Waals surface area (Å²) in [6.45, 7) is 3.69. The SMILES string of the molecule is C[C@]12C(=O)c3ccccc3NC(=O)[C@H]1[C@H]2C(=O)NC[C@H]1CCCOC1. The topological polar surface area (TPSA) is 84.5 Å². The largest absolute Gasteiger partial charge is 0.381 e. The molecule has 3 aliphatic rings. The van der Waals surface area contributed by atoms with E-state index < -0.39 is 17.3 Å².